The zero-order chi connectivity index (χ0) is 21.0. The largest absolute Gasteiger partial charge is 0.388 e. The summed E-state index contributed by atoms with van der Waals surface area (Å²) in [4.78, 5) is 0. The number of β-amino-alcohol motifs (C(OH)–C–C–N with tert-alkyl or cyclic N) is 1. The van der Waals surface area contributed by atoms with Crippen LogP contribution in [-0.2, 0) is 12.6 Å². The van der Waals surface area contributed by atoms with Gasteiger partial charge < -0.3 is 15.5 Å². The van der Waals surface area contributed by atoms with Crippen LogP contribution in [0.15, 0.2) is 36.5 Å². The first-order valence-electron chi connectivity index (χ1n) is 9.88. The third-order valence-electron chi connectivity index (χ3n) is 5.94. The Morgan fingerprint density at radius 3 is 2.83 bits per heavy atom. The Morgan fingerprint density at radius 1 is 1.20 bits per heavy atom. The van der Waals surface area contributed by atoms with Crippen LogP contribution in [0.4, 0.5) is 4.39 Å². The first kappa shape index (κ1) is 19.0. The summed E-state index contributed by atoms with van der Waals surface area (Å²) in [5, 5.41) is 38.5. The highest BCUT2D eigenvalue weighted by Crippen LogP contribution is 2.34. The zero-order valence-corrected chi connectivity index (χ0v) is 16.7. The van der Waals surface area contributed by atoms with Crippen molar-refractivity contribution in [2.75, 3.05) is 13.1 Å². The fraction of sp³-hybridized carbons (Fsp3) is 0.318. The molecule has 3 N–H and O–H groups in total. The van der Waals surface area contributed by atoms with Crippen molar-refractivity contribution in [2.45, 2.75) is 25.0 Å². The van der Waals surface area contributed by atoms with Gasteiger partial charge in [-0.15, -0.1) is 10.2 Å². The van der Waals surface area contributed by atoms with E-state index in [0.29, 0.717) is 28.7 Å². The molecule has 2 aromatic heterocycles. The van der Waals surface area contributed by atoms with Gasteiger partial charge in [-0.3, -0.25) is 4.68 Å². The van der Waals surface area contributed by atoms with Gasteiger partial charge in [0.2, 0.25) is 0 Å². The summed E-state index contributed by atoms with van der Waals surface area (Å²) in [7, 11) is 1.87. The number of rotatable bonds is 2. The highest BCUT2D eigenvalue weighted by atomic mass is 19.1. The van der Waals surface area contributed by atoms with Crippen LogP contribution in [-0.4, -0.2) is 49.4 Å². The molecule has 154 valence electrons. The summed E-state index contributed by atoms with van der Waals surface area (Å²) >= 11 is 0. The van der Waals surface area contributed by atoms with Crippen LogP contribution in [0.5, 0.6) is 0 Å². The molecule has 1 aliphatic rings. The number of aryl methyl sites for hydroxylation is 2. The number of piperidine rings is 1. The van der Waals surface area contributed by atoms with E-state index in [1.54, 1.807) is 16.8 Å². The first-order valence-corrected chi connectivity index (χ1v) is 9.88. The van der Waals surface area contributed by atoms with Crippen molar-refractivity contribution < 1.29 is 14.6 Å². The van der Waals surface area contributed by atoms with E-state index in [2.05, 4.69) is 20.6 Å². The minimum Gasteiger partial charge on any atom is -0.388 e. The second-order valence-electron chi connectivity index (χ2n) is 8.05. The number of hydrogen-bond donors (Lipinski definition) is 3. The Morgan fingerprint density at radius 2 is 2.03 bits per heavy atom. The lowest BCUT2D eigenvalue weighted by Crippen LogP contribution is -2.51. The molecule has 0 aliphatic carbocycles. The fourth-order valence-corrected chi connectivity index (χ4v) is 4.26. The fourth-order valence-electron chi connectivity index (χ4n) is 4.26. The lowest BCUT2D eigenvalue weighted by molar-refractivity contribution is -0.0977. The maximum absolute atomic E-state index is 15.0. The molecule has 7 nitrogen and oxygen atoms in total. The van der Waals surface area contributed by atoms with Crippen molar-refractivity contribution in [1.29, 1.82) is 0 Å². The smallest absolute Gasteiger partial charge is 0.133 e. The van der Waals surface area contributed by atoms with Gasteiger partial charge >= 0.3 is 0 Å². The molecule has 1 unspecified atom stereocenters. The van der Waals surface area contributed by atoms with Crippen molar-refractivity contribution in [3.05, 3.63) is 53.5 Å². The number of aliphatic hydroxyl groups excluding tert-OH is 1. The predicted octanol–water partition coefficient (Wildman–Crippen LogP) is 2.17. The van der Waals surface area contributed by atoms with Gasteiger partial charge in [0.1, 0.15) is 11.4 Å². The molecule has 0 amide bonds. The van der Waals surface area contributed by atoms with Crippen molar-refractivity contribution >= 4 is 21.8 Å². The molecule has 0 spiro atoms. The van der Waals surface area contributed by atoms with E-state index in [1.807, 2.05) is 32.3 Å². The summed E-state index contributed by atoms with van der Waals surface area (Å²) in [5.41, 5.74) is 2.45. The van der Waals surface area contributed by atoms with Crippen molar-refractivity contribution in [3.8, 4) is 11.3 Å². The standard InChI is InChI=1S/C22H22FN5O2/c1-12-5-13(6-14-11-28(2)27-21(12)14)18-9-16-17(23)7-15(8-19(16)26-25-18)22(30)3-4-24-10-20(22)29/h5-9,11,20,24,29-30H,3-4,10H2,1-2H3/t20-,22?/m0/s1. The molecule has 1 fully saturated rings. The Balaban J connectivity index is 1.61. The molecular formula is C22H22FN5O2. The van der Waals surface area contributed by atoms with Gasteiger partial charge in [-0.1, -0.05) is 0 Å². The number of aliphatic hydroxyl groups is 2. The van der Waals surface area contributed by atoms with Gasteiger partial charge in [-0.25, -0.2) is 4.39 Å². The molecule has 3 heterocycles. The number of nitrogens with zero attached hydrogens (tertiary/aromatic N) is 4. The number of nitrogens with one attached hydrogen (secondary N) is 1. The number of aromatic nitrogens is 4. The summed E-state index contributed by atoms with van der Waals surface area (Å²) < 4.78 is 16.8. The maximum atomic E-state index is 15.0. The van der Waals surface area contributed by atoms with E-state index in [1.165, 1.54) is 6.07 Å². The van der Waals surface area contributed by atoms with Crippen LogP contribution in [0.3, 0.4) is 0 Å². The average Bonchev–Trinajstić information content (AvgIpc) is 3.11. The van der Waals surface area contributed by atoms with Crippen LogP contribution in [0.1, 0.15) is 17.5 Å². The monoisotopic (exact) mass is 407 g/mol. The Hall–Kier alpha value is -2.94. The molecule has 0 saturated carbocycles. The Kier molecular flexibility index (Phi) is 4.32. The van der Waals surface area contributed by atoms with E-state index in [4.69, 9.17) is 0 Å². The van der Waals surface area contributed by atoms with Gasteiger partial charge in [0.05, 0.1) is 22.8 Å². The lowest BCUT2D eigenvalue weighted by atomic mass is 9.82. The van der Waals surface area contributed by atoms with Crippen molar-refractivity contribution in [1.82, 2.24) is 25.3 Å². The van der Waals surface area contributed by atoms with Crippen molar-refractivity contribution in [3.63, 3.8) is 0 Å². The highest BCUT2D eigenvalue weighted by molar-refractivity contribution is 5.89. The van der Waals surface area contributed by atoms with Crippen LogP contribution in [0.2, 0.25) is 0 Å². The third-order valence-corrected chi connectivity index (χ3v) is 5.94. The number of fused-ring (bicyclic) bond motifs is 2. The minimum atomic E-state index is -1.51. The van der Waals surface area contributed by atoms with Gasteiger partial charge in [0.15, 0.2) is 0 Å². The normalized spacial score (nSPS) is 22.1. The van der Waals surface area contributed by atoms with E-state index >= 15 is 4.39 Å². The molecule has 8 heteroatoms. The minimum absolute atomic E-state index is 0.247. The molecular weight excluding hydrogens is 385 g/mol. The molecule has 2 atom stereocenters. The summed E-state index contributed by atoms with van der Waals surface area (Å²) in [5.74, 6) is -0.503. The second-order valence-corrected chi connectivity index (χ2v) is 8.05. The quantitative estimate of drug-likeness (QED) is 0.471. The summed E-state index contributed by atoms with van der Waals surface area (Å²) in [6.07, 6.45) is 1.19. The highest BCUT2D eigenvalue weighted by Gasteiger charge is 2.40. The molecule has 2 aromatic carbocycles. The van der Waals surface area contributed by atoms with Crippen LogP contribution >= 0.6 is 0 Å². The zero-order valence-electron chi connectivity index (χ0n) is 16.7. The van der Waals surface area contributed by atoms with Crippen molar-refractivity contribution in [2.24, 2.45) is 7.05 Å². The molecule has 1 aliphatic heterocycles. The summed E-state index contributed by atoms with van der Waals surface area (Å²) in [6.45, 7) is 2.76. The van der Waals surface area contributed by atoms with Crippen LogP contribution in [0, 0.1) is 12.7 Å². The first-order chi connectivity index (χ1) is 14.3. The topological polar surface area (TPSA) is 96.1 Å². The maximum Gasteiger partial charge on any atom is 0.133 e. The van der Waals surface area contributed by atoms with Crippen LogP contribution < -0.4 is 5.32 Å². The molecule has 30 heavy (non-hydrogen) atoms. The number of halogens is 1. The summed E-state index contributed by atoms with van der Waals surface area (Å²) in [6, 6.07) is 8.50. The van der Waals surface area contributed by atoms with E-state index in [9.17, 15) is 10.2 Å². The third kappa shape index (κ3) is 2.96. The second kappa shape index (κ2) is 6.80. The SMILES string of the molecule is Cc1cc(-c2cc3c(F)cc(C4(O)CCNC[C@@H]4O)cc3nn2)cc2cn(C)nc12. The molecule has 0 radical (unpaired) electrons. The van der Waals surface area contributed by atoms with Gasteiger partial charge in [-0.2, -0.15) is 5.10 Å². The van der Waals surface area contributed by atoms with Gasteiger partial charge in [0.25, 0.3) is 0 Å². The van der Waals surface area contributed by atoms with Gasteiger partial charge in [-0.05, 0) is 61.3 Å². The van der Waals surface area contributed by atoms with E-state index < -0.39 is 17.5 Å². The molecule has 5 rings (SSSR count). The Bertz CT molecular complexity index is 1290. The molecule has 4 aromatic rings. The Labute approximate surface area is 172 Å². The molecule has 1 saturated heterocycles. The van der Waals surface area contributed by atoms with Gasteiger partial charge in [0, 0.05) is 36.1 Å². The van der Waals surface area contributed by atoms with E-state index in [0.717, 1.165) is 22.0 Å². The molecule has 0 bridgehead atoms. The average molecular weight is 407 g/mol. The van der Waals surface area contributed by atoms with E-state index in [-0.39, 0.29) is 13.0 Å². The number of benzene rings is 2. The number of hydrogen-bond acceptors (Lipinski definition) is 6. The van der Waals surface area contributed by atoms with Crippen LogP contribution in [0.25, 0.3) is 33.1 Å². The lowest BCUT2D eigenvalue weighted by Gasteiger charge is -2.37. The predicted molar refractivity (Wildman–Crippen MR) is 111 cm³/mol.